The summed E-state index contributed by atoms with van der Waals surface area (Å²) in [6.45, 7) is 5.09. The first-order chi connectivity index (χ1) is 10.7. The summed E-state index contributed by atoms with van der Waals surface area (Å²) in [4.78, 5) is 2.31. The van der Waals surface area contributed by atoms with E-state index in [0.717, 1.165) is 56.2 Å². The molecule has 0 fully saturated rings. The van der Waals surface area contributed by atoms with Gasteiger partial charge in [0.15, 0.2) is 0 Å². The van der Waals surface area contributed by atoms with Gasteiger partial charge in [-0.15, -0.1) is 0 Å². The van der Waals surface area contributed by atoms with Crippen molar-refractivity contribution < 1.29 is 14.6 Å². The largest absolute Gasteiger partial charge is 0.465 e. The van der Waals surface area contributed by atoms with Crippen LogP contribution in [0.2, 0.25) is 0 Å². The van der Waals surface area contributed by atoms with Crippen LogP contribution in [0.5, 0.6) is 0 Å². The summed E-state index contributed by atoms with van der Waals surface area (Å²) in [6, 6.07) is 5.98. The molecule has 0 bridgehead atoms. The van der Waals surface area contributed by atoms with Crippen LogP contribution in [-0.2, 0) is 26.1 Å². The molecule has 0 saturated heterocycles. The third kappa shape index (κ3) is 3.24. The van der Waals surface area contributed by atoms with Gasteiger partial charge in [-0.1, -0.05) is 6.92 Å². The summed E-state index contributed by atoms with van der Waals surface area (Å²) < 4.78 is 7.75. The van der Waals surface area contributed by atoms with Crippen molar-refractivity contribution in [3.8, 4) is 0 Å². The number of rotatable bonds is 6. The molecule has 0 spiro atoms. The van der Waals surface area contributed by atoms with E-state index in [4.69, 9.17) is 9.52 Å². The smallest absolute Gasteiger partial charge is 0.121 e. The van der Waals surface area contributed by atoms with E-state index in [2.05, 4.69) is 29.1 Å². The molecule has 6 heteroatoms. The highest BCUT2D eigenvalue weighted by atomic mass is 16.3. The van der Waals surface area contributed by atoms with E-state index >= 15 is 0 Å². The van der Waals surface area contributed by atoms with Crippen molar-refractivity contribution in [1.82, 2.24) is 14.7 Å². The quantitative estimate of drug-likeness (QED) is 0.845. The van der Waals surface area contributed by atoms with Gasteiger partial charge < -0.3 is 14.6 Å². The summed E-state index contributed by atoms with van der Waals surface area (Å²) >= 11 is 0. The van der Waals surface area contributed by atoms with E-state index in [1.807, 2.05) is 10.7 Å². The molecule has 0 unspecified atom stereocenters. The van der Waals surface area contributed by atoms with Gasteiger partial charge in [-0.3, -0.25) is 9.58 Å². The molecule has 0 aromatic carbocycles. The first kappa shape index (κ1) is 15.3. The second-order valence-corrected chi connectivity index (χ2v) is 5.81. The van der Waals surface area contributed by atoms with Gasteiger partial charge in [0.1, 0.15) is 17.6 Å². The van der Waals surface area contributed by atoms with E-state index < -0.39 is 6.10 Å². The highest BCUT2D eigenvalue weighted by Crippen LogP contribution is 2.20. The average molecular weight is 305 g/mol. The third-order valence-corrected chi connectivity index (χ3v) is 4.00. The van der Waals surface area contributed by atoms with E-state index in [-0.39, 0.29) is 6.61 Å². The molecule has 22 heavy (non-hydrogen) atoms. The minimum Gasteiger partial charge on any atom is -0.465 e. The van der Waals surface area contributed by atoms with Gasteiger partial charge in [0, 0.05) is 19.5 Å². The number of furan rings is 1. The average Bonchev–Trinajstić information content (AvgIpc) is 3.13. The molecule has 1 aliphatic heterocycles. The predicted molar refractivity (Wildman–Crippen MR) is 81.1 cm³/mol. The molecule has 0 aliphatic carbocycles. The lowest BCUT2D eigenvalue weighted by atomic mass is 10.2. The highest BCUT2D eigenvalue weighted by Gasteiger charge is 2.21. The maximum absolute atomic E-state index is 9.68. The van der Waals surface area contributed by atoms with E-state index in [9.17, 15) is 5.11 Å². The first-order valence-corrected chi connectivity index (χ1v) is 7.85. The van der Waals surface area contributed by atoms with Gasteiger partial charge in [-0.25, -0.2) is 0 Å². The highest BCUT2D eigenvalue weighted by molar-refractivity contribution is 5.15. The van der Waals surface area contributed by atoms with Gasteiger partial charge in [0.2, 0.25) is 0 Å². The monoisotopic (exact) mass is 305 g/mol. The normalized spacial score (nSPS) is 16.7. The number of nitrogens with zero attached hydrogens (tertiary/aromatic N) is 3. The molecule has 2 N–H and O–H groups in total. The number of aromatic nitrogens is 2. The SMILES string of the molecule is CCCc1ccc(CN2CCn3nc([C@H](O)CO)cc3C2)o1. The van der Waals surface area contributed by atoms with Crippen molar-refractivity contribution in [2.45, 2.75) is 45.5 Å². The molecule has 2 aromatic rings. The minimum atomic E-state index is -0.895. The number of hydrogen-bond donors (Lipinski definition) is 2. The lowest BCUT2D eigenvalue weighted by Crippen LogP contribution is -2.33. The van der Waals surface area contributed by atoms with E-state index in [0.29, 0.717) is 5.69 Å². The molecule has 3 heterocycles. The van der Waals surface area contributed by atoms with Crippen molar-refractivity contribution in [1.29, 1.82) is 0 Å². The number of aliphatic hydroxyl groups excluding tert-OH is 2. The molecule has 2 aromatic heterocycles. The lowest BCUT2D eigenvalue weighted by Gasteiger charge is -2.26. The van der Waals surface area contributed by atoms with Crippen LogP contribution in [0, 0.1) is 0 Å². The molecule has 0 saturated carbocycles. The summed E-state index contributed by atoms with van der Waals surface area (Å²) in [5, 5.41) is 23.0. The fourth-order valence-corrected chi connectivity index (χ4v) is 2.84. The summed E-state index contributed by atoms with van der Waals surface area (Å²) in [7, 11) is 0. The molecule has 120 valence electrons. The van der Waals surface area contributed by atoms with Crippen molar-refractivity contribution in [2.24, 2.45) is 0 Å². The van der Waals surface area contributed by atoms with Gasteiger partial charge in [0.25, 0.3) is 0 Å². The number of hydrogen-bond acceptors (Lipinski definition) is 5. The van der Waals surface area contributed by atoms with Crippen LogP contribution in [-0.4, -0.2) is 38.0 Å². The Morgan fingerprint density at radius 1 is 1.32 bits per heavy atom. The van der Waals surface area contributed by atoms with E-state index in [1.165, 1.54) is 0 Å². The maximum Gasteiger partial charge on any atom is 0.121 e. The molecule has 1 atom stereocenters. The van der Waals surface area contributed by atoms with Crippen molar-refractivity contribution in [3.63, 3.8) is 0 Å². The van der Waals surface area contributed by atoms with Crippen LogP contribution in [0.1, 0.15) is 42.4 Å². The van der Waals surface area contributed by atoms with Gasteiger partial charge in [-0.05, 0) is 24.6 Å². The van der Waals surface area contributed by atoms with Crippen LogP contribution in [0.15, 0.2) is 22.6 Å². The van der Waals surface area contributed by atoms with E-state index in [1.54, 1.807) is 0 Å². The molecular formula is C16H23N3O3. The van der Waals surface area contributed by atoms with Crippen molar-refractivity contribution >= 4 is 0 Å². The minimum absolute atomic E-state index is 0.299. The van der Waals surface area contributed by atoms with Crippen LogP contribution in [0.3, 0.4) is 0 Å². The van der Waals surface area contributed by atoms with Gasteiger partial charge in [0.05, 0.1) is 31.1 Å². The maximum atomic E-state index is 9.68. The first-order valence-electron chi connectivity index (χ1n) is 7.85. The fraction of sp³-hybridized carbons (Fsp3) is 0.562. The molecule has 6 nitrogen and oxygen atoms in total. The van der Waals surface area contributed by atoms with Gasteiger partial charge in [-0.2, -0.15) is 5.10 Å². The Labute approximate surface area is 130 Å². The Morgan fingerprint density at radius 3 is 2.91 bits per heavy atom. The van der Waals surface area contributed by atoms with Crippen LogP contribution in [0.25, 0.3) is 0 Å². The van der Waals surface area contributed by atoms with Crippen molar-refractivity contribution in [3.05, 3.63) is 41.1 Å². The Morgan fingerprint density at radius 2 is 2.14 bits per heavy atom. The van der Waals surface area contributed by atoms with Gasteiger partial charge >= 0.3 is 0 Å². The summed E-state index contributed by atoms with van der Waals surface area (Å²) in [5.74, 6) is 2.04. The van der Waals surface area contributed by atoms with Crippen molar-refractivity contribution in [2.75, 3.05) is 13.2 Å². The Hall–Kier alpha value is -1.63. The zero-order valence-electron chi connectivity index (χ0n) is 12.9. The zero-order valence-corrected chi connectivity index (χ0v) is 12.9. The molecule has 3 rings (SSSR count). The topological polar surface area (TPSA) is 74.7 Å². The van der Waals surface area contributed by atoms with Crippen LogP contribution < -0.4 is 0 Å². The second-order valence-electron chi connectivity index (χ2n) is 5.81. The fourth-order valence-electron chi connectivity index (χ4n) is 2.84. The number of aliphatic hydroxyl groups is 2. The number of aryl methyl sites for hydroxylation is 1. The lowest BCUT2D eigenvalue weighted by molar-refractivity contribution is 0.0915. The Balaban J connectivity index is 1.64. The molecule has 0 amide bonds. The molecule has 0 radical (unpaired) electrons. The Bertz CT molecular complexity index is 620. The number of fused-ring (bicyclic) bond motifs is 1. The Kier molecular flexibility index (Phi) is 4.61. The summed E-state index contributed by atoms with van der Waals surface area (Å²) in [5.41, 5.74) is 1.61. The predicted octanol–water partition coefficient (Wildman–Crippen LogP) is 1.47. The zero-order chi connectivity index (χ0) is 15.5. The van der Waals surface area contributed by atoms with Crippen LogP contribution >= 0.6 is 0 Å². The third-order valence-electron chi connectivity index (χ3n) is 4.00. The standard InChI is InChI=1S/C16H23N3O3/c1-2-3-13-4-5-14(22-13)10-18-6-7-19-12(9-18)8-15(17-19)16(21)11-20/h4-5,8,16,20-21H,2-3,6-7,9-11H2,1H3/t16-/m1/s1. The molecule has 1 aliphatic rings. The van der Waals surface area contributed by atoms with Crippen LogP contribution in [0.4, 0.5) is 0 Å². The second kappa shape index (κ2) is 6.64. The molecular weight excluding hydrogens is 282 g/mol. The summed E-state index contributed by atoms with van der Waals surface area (Å²) in [6.07, 6.45) is 1.18.